The standard InChI is InChI=1S/C55H88O12/c1-4-7-10-13-16-19-22-24-27-29-32-35-38-41-47(56)63-44-46(65-48(57)42-39-36-33-30-26-21-18-15-12-9-6-3)45-64-55-53(51(60)50(59)52(67-55)54(61)62)66-49(58)43-40-37-34-31-28-25-23-20-17-14-11-8-5-2/h7-8,10-11,16-17,19-20,24-25,27-28,32,35,46,50-53,55,59-60H,4-6,9,12-15,18,21-23,26,29-31,33-34,36-45H2,1-3H3,(H,61,62)/b10-7-,11-8-,19-16-,20-17-,27-24-,28-25-,35-32-. The van der Waals surface area contributed by atoms with Crippen LogP contribution in [0.1, 0.15) is 188 Å². The predicted octanol–water partition coefficient (Wildman–Crippen LogP) is 12.0. The molecule has 3 N–H and O–H groups in total. The zero-order valence-corrected chi connectivity index (χ0v) is 41.4. The highest BCUT2D eigenvalue weighted by atomic mass is 16.7. The molecular weight excluding hydrogens is 853 g/mol. The van der Waals surface area contributed by atoms with Gasteiger partial charge >= 0.3 is 23.9 Å². The monoisotopic (exact) mass is 941 g/mol. The second kappa shape index (κ2) is 43.2. The summed E-state index contributed by atoms with van der Waals surface area (Å²) in [7, 11) is 0. The Morgan fingerprint density at radius 3 is 1.49 bits per heavy atom. The van der Waals surface area contributed by atoms with E-state index in [0.717, 1.165) is 83.5 Å². The van der Waals surface area contributed by atoms with Gasteiger partial charge in [-0.25, -0.2) is 4.79 Å². The molecule has 0 bridgehead atoms. The molecule has 1 heterocycles. The molecule has 0 aliphatic carbocycles. The van der Waals surface area contributed by atoms with Gasteiger partial charge in [-0.1, -0.05) is 176 Å². The van der Waals surface area contributed by atoms with Gasteiger partial charge in [-0.05, 0) is 77.0 Å². The van der Waals surface area contributed by atoms with Crippen LogP contribution in [-0.4, -0.2) is 89.2 Å². The van der Waals surface area contributed by atoms with Crippen molar-refractivity contribution >= 4 is 23.9 Å². The summed E-state index contributed by atoms with van der Waals surface area (Å²) < 4.78 is 28.1. The first-order valence-electron chi connectivity index (χ1n) is 25.6. The zero-order valence-electron chi connectivity index (χ0n) is 41.4. The normalized spacial score (nSPS) is 19.6. The van der Waals surface area contributed by atoms with E-state index in [1.165, 1.54) is 44.9 Å². The lowest BCUT2D eigenvalue weighted by molar-refractivity contribution is -0.301. The number of carbonyl (C=O) groups is 4. The fraction of sp³-hybridized carbons (Fsp3) is 0.673. The molecule has 0 radical (unpaired) electrons. The molecule has 1 saturated heterocycles. The lowest BCUT2D eigenvalue weighted by Crippen LogP contribution is -2.61. The predicted molar refractivity (Wildman–Crippen MR) is 266 cm³/mol. The van der Waals surface area contributed by atoms with Crippen molar-refractivity contribution in [3.8, 4) is 0 Å². The molecule has 1 aliphatic heterocycles. The van der Waals surface area contributed by atoms with E-state index in [2.05, 4.69) is 93.7 Å². The van der Waals surface area contributed by atoms with Crippen molar-refractivity contribution in [2.24, 2.45) is 0 Å². The number of rotatable bonds is 41. The summed E-state index contributed by atoms with van der Waals surface area (Å²) >= 11 is 0. The van der Waals surface area contributed by atoms with Gasteiger partial charge in [0.1, 0.15) is 18.8 Å². The van der Waals surface area contributed by atoms with E-state index in [9.17, 15) is 34.5 Å². The van der Waals surface area contributed by atoms with Crippen LogP contribution < -0.4 is 0 Å². The molecule has 12 nitrogen and oxygen atoms in total. The van der Waals surface area contributed by atoms with E-state index in [1.54, 1.807) is 0 Å². The Bertz CT molecular complexity index is 1490. The van der Waals surface area contributed by atoms with Gasteiger partial charge in [-0.3, -0.25) is 14.4 Å². The van der Waals surface area contributed by atoms with E-state index < -0.39 is 67.3 Å². The Kier molecular flexibility index (Phi) is 39.3. The van der Waals surface area contributed by atoms with E-state index in [0.29, 0.717) is 19.3 Å². The smallest absolute Gasteiger partial charge is 0.335 e. The van der Waals surface area contributed by atoms with Crippen molar-refractivity contribution < 1.29 is 58.2 Å². The number of aliphatic hydroxyl groups is 2. The number of esters is 3. The Morgan fingerprint density at radius 2 is 0.970 bits per heavy atom. The summed E-state index contributed by atoms with van der Waals surface area (Å²) in [5.74, 6) is -3.28. The van der Waals surface area contributed by atoms with E-state index >= 15 is 0 Å². The number of unbranched alkanes of at least 4 members (excludes halogenated alkanes) is 13. The molecule has 0 spiro atoms. The minimum Gasteiger partial charge on any atom is -0.479 e. The van der Waals surface area contributed by atoms with E-state index in [-0.39, 0.29) is 25.9 Å². The zero-order chi connectivity index (χ0) is 49.0. The first kappa shape index (κ1) is 60.9. The van der Waals surface area contributed by atoms with Crippen molar-refractivity contribution in [2.45, 2.75) is 225 Å². The van der Waals surface area contributed by atoms with Crippen LogP contribution in [0, 0.1) is 0 Å². The molecule has 1 rings (SSSR count). The summed E-state index contributed by atoms with van der Waals surface area (Å²) in [6.45, 7) is 5.63. The molecule has 0 aromatic heterocycles. The number of carboxylic acid groups (broad SMARTS) is 1. The number of carbonyl (C=O) groups excluding carboxylic acids is 3. The Morgan fingerprint density at radius 1 is 0.507 bits per heavy atom. The minimum atomic E-state index is -1.92. The van der Waals surface area contributed by atoms with Crippen molar-refractivity contribution in [1.82, 2.24) is 0 Å². The number of ether oxygens (including phenoxy) is 5. The highest BCUT2D eigenvalue weighted by Crippen LogP contribution is 2.26. The first-order valence-corrected chi connectivity index (χ1v) is 25.6. The molecule has 1 fully saturated rings. The molecule has 380 valence electrons. The van der Waals surface area contributed by atoms with Gasteiger partial charge in [0.2, 0.25) is 0 Å². The maximum absolute atomic E-state index is 13.0. The van der Waals surface area contributed by atoms with Crippen LogP contribution in [0.25, 0.3) is 0 Å². The third-order valence-electron chi connectivity index (χ3n) is 11.0. The Labute approximate surface area is 403 Å². The van der Waals surface area contributed by atoms with Crippen molar-refractivity contribution in [3.05, 3.63) is 85.1 Å². The van der Waals surface area contributed by atoms with Crippen LogP contribution in [-0.2, 0) is 42.9 Å². The number of aliphatic carboxylic acids is 1. The van der Waals surface area contributed by atoms with Gasteiger partial charge in [-0.2, -0.15) is 0 Å². The van der Waals surface area contributed by atoms with Crippen LogP contribution in [0.15, 0.2) is 85.1 Å². The van der Waals surface area contributed by atoms with Crippen LogP contribution in [0.5, 0.6) is 0 Å². The van der Waals surface area contributed by atoms with E-state index in [1.807, 2.05) is 12.2 Å². The second-order valence-corrected chi connectivity index (χ2v) is 17.0. The highest BCUT2D eigenvalue weighted by Gasteiger charge is 2.50. The van der Waals surface area contributed by atoms with Gasteiger partial charge in [0.25, 0.3) is 0 Å². The van der Waals surface area contributed by atoms with Crippen molar-refractivity contribution in [2.75, 3.05) is 13.2 Å². The molecule has 6 atom stereocenters. The summed E-state index contributed by atoms with van der Waals surface area (Å²) in [6.07, 6.45) is 41.7. The van der Waals surface area contributed by atoms with Crippen molar-refractivity contribution in [1.29, 1.82) is 0 Å². The molecule has 0 saturated carbocycles. The van der Waals surface area contributed by atoms with Gasteiger partial charge in [-0.15, -0.1) is 0 Å². The molecule has 12 heteroatoms. The third-order valence-corrected chi connectivity index (χ3v) is 11.0. The minimum absolute atomic E-state index is 0.0161. The lowest BCUT2D eigenvalue weighted by atomic mass is 9.98. The van der Waals surface area contributed by atoms with Gasteiger partial charge in [0.05, 0.1) is 6.61 Å². The quantitative estimate of drug-likeness (QED) is 0.0229. The number of hydrogen-bond acceptors (Lipinski definition) is 11. The second-order valence-electron chi connectivity index (χ2n) is 17.0. The van der Waals surface area contributed by atoms with E-state index in [4.69, 9.17) is 23.7 Å². The van der Waals surface area contributed by atoms with Crippen LogP contribution in [0.4, 0.5) is 0 Å². The highest BCUT2D eigenvalue weighted by molar-refractivity contribution is 5.74. The molecule has 0 aromatic carbocycles. The SMILES string of the molecule is CC/C=C\C/C=C\C/C=C\C/C=C\CCC(=O)OCC(COC1OC(C(=O)O)C(O)C(O)C1OC(=O)CCCCC/C=C\C/C=C\C/C=C\CC)OC(=O)CCCCCCCCCCCCC. The van der Waals surface area contributed by atoms with Gasteiger partial charge < -0.3 is 39.0 Å². The third kappa shape index (κ3) is 33.9. The fourth-order valence-corrected chi connectivity index (χ4v) is 7.10. The number of allylic oxidation sites excluding steroid dienone is 14. The molecule has 0 aromatic rings. The average Bonchev–Trinajstić information content (AvgIpc) is 3.31. The van der Waals surface area contributed by atoms with Crippen molar-refractivity contribution in [3.63, 3.8) is 0 Å². The topological polar surface area (TPSA) is 175 Å². The maximum Gasteiger partial charge on any atom is 0.335 e. The average molecular weight is 941 g/mol. The molecule has 0 amide bonds. The Balaban J connectivity index is 2.80. The summed E-state index contributed by atoms with van der Waals surface area (Å²) in [5, 5.41) is 31.3. The van der Waals surface area contributed by atoms with Crippen LogP contribution >= 0.6 is 0 Å². The fourth-order valence-electron chi connectivity index (χ4n) is 7.10. The summed E-state index contributed by atoms with van der Waals surface area (Å²) in [5.41, 5.74) is 0. The summed E-state index contributed by atoms with van der Waals surface area (Å²) in [6, 6.07) is 0. The number of carboxylic acids is 1. The molecule has 1 aliphatic rings. The van der Waals surface area contributed by atoms with Gasteiger partial charge in [0, 0.05) is 19.3 Å². The Hall–Kier alpha value is -4.10. The lowest BCUT2D eigenvalue weighted by Gasteiger charge is -2.40. The molecule has 67 heavy (non-hydrogen) atoms. The maximum atomic E-state index is 13.0. The first-order chi connectivity index (χ1) is 32.6. The largest absolute Gasteiger partial charge is 0.479 e. The van der Waals surface area contributed by atoms with Gasteiger partial charge in [0.15, 0.2) is 24.6 Å². The van der Waals surface area contributed by atoms with Crippen LogP contribution in [0.2, 0.25) is 0 Å². The number of hydrogen-bond donors (Lipinski definition) is 3. The summed E-state index contributed by atoms with van der Waals surface area (Å²) in [4.78, 5) is 50.7. The molecular formula is C55H88O12. The van der Waals surface area contributed by atoms with Crippen LogP contribution in [0.3, 0.4) is 0 Å². The number of aliphatic hydroxyl groups excluding tert-OH is 2. The molecule has 6 unspecified atom stereocenters.